The smallest absolute Gasteiger partial charge is 0.241 e. The zero-order valence-electron chi connectivity index (χ0n) is 51.8. The lowest BCUT2D eigenvalue weighted by Gasteiger charge is -2.41. The summed E-state index contributed by atoms with van der Waals surface area (Å²) in [5.74, 6) is -0.630. The number of anilines is 1. The monoisotopic (exact) mass is 1170 g/mol. The van der Waals surface area contributed by atoms with Crippen LogP contribution in [0, 0.1) is 0 Å². The normalized spacial score (nSPS) is 18.6. The molecule has 0 spiro atoms. The molecule has 0 radical (unpaired) electrons. The highest BCUT2D eigenvalue weighted by atomic mass is 32.2. The third kappa shape index (κ3) is 30.9. The van der Waals surface area contributed by atoms with Gasteiger partial charge in [0.2, 0.25) is 21.8 Å². The van der Waals surface area contributed by atoms with Gasteiger partial charge in [0.25, 0.3) is 0 Å². The number of carbonyl (C=O) groups excluding carboxylic acids is 2. The molecule has 2 amide bonds. The molecule has 1 aliphatic heterocycles. The summed E-state index contributed by atoms with van der Waals surface area (Å²) in [5.41, 5.74) is 0.915. The summed E-state index contributed by atoms with van der Waals surface area (Å²) in [6.07, 6.45) is 33.0. The number of sulfonamides is 1. The van der Waals surface area contributed by atoms with Crippen LogP contribution in [0.15, 0.2) is 41.3 Å². The van der Waals surface area contributed by atoms with Crippen LogP contribution in [-0.2, 0) is 29.1 Å². The summed E-state index contributed by atoms with van der Waals surface area (Å²) in [6.45, 7) is 4.12. The van der Waals surface area contributed by atoms with Gasteiger partial charge in [-0.05, 0) is 37.8 Å². The molecule has 1 saturated heterocycles. The maximum Gasteiger partial charge on any atom is 0.241 e. The minimum atomic E-state index is -3.80. The molecule has 1 fully saturated rings. The van der Waals surface area contributed by atoms with E-state index in [1.165, 1.54) is 161 Å². The number of nitrogens with one attached hydrogen (secondary N) is 3. The van der Waals surface area contributed by atoms with Crippen molar-refractivity contribution in [2.45, 2.75) is 318 Å². The van der Waals surface area contributed by atoms with Crippen LogP contribution in [0.4, 0.5) is 5.69 Å². The quantitative estimate of drug-likeness (QED) is 0.0290. The van der Waals surface area contributed by atoms with Gasteiger partial charge >= 0.3 is 0 Å². The highest BCUT2D eigenvalue weighted by Crippen LogP contribution is 2.30. The molecule has 2 aromatic rings. The molecule has 8 atom stereocenters. The van der Waals surface area contributed by atoms with Crippen molar-refractivity contribution in [2.24, 2.45) is 0 Å². The van der Waals surface area contributed by atoms with Crippen LogP contribution in [0.2, 0.25) is 0 Å². The number of aliphatic hydroxyl groups is 5. The Hall–Kier alpha value is -2.93. The third-order valence-corrected chi connectivity index (χ3v) is 18.1. The van der Waals surface area contributed by atoms with Crippen LogP contribution < -0.4 is 20.3 Å². The zero-order chi connectivity index (χ0) is 59.6. The number of aliphatic hydroxyl groups excluding tert-OH is 5. The molecule has 2 aromatic carbocycles. The minimum absolute atomic E-state index is 0.123. The number of fused-ring (bicyclic) bond motifs is 1. The first-order valence-corrected chi connectivity index (χ1v) is 34.6. The van der Waals surface area contributed by atoms with Gasteiger partial charge < -0.3 is 50.5 Å². The van der Waals surface area contributed by atoms with E-state index in [4.69, 9.17) is 9.47 Å². The minimum Gasteiger partial charge on any atom is -0.390 e. The Morgan fingerprint density at radius 2 is 1.00 bits per heavy atom. The standard InChI is InChI=1S/C66H118N4O11S/c1-5-7-9-11-13-15-17-18-19-20-21-22-23-24-25-26-27-28-29-31-33-35-38-49-61(73)69-55(62(74)57(71)46-37-34-32-30-16-14-12-10-8-6-2)52-80-66-65(77)64(76)63(75)58(81-66)51-67-60(72)48-39-36-40-50-68-82(78,79)59-47-42-43-53-54(59)44-41-45-56(53)70(3)4/h41-45,47,55,57-58,62-66,68,71,74-77H,5-40,46,48-52H2,1-4H3,(H,67,72)(H,69,73)/t55-,57+,58+,62-,63-,64-,65+,66-/m0/s1. The molecular weight excluding hydrogens is 1060 g/mol. The average molecular weight is 1180 g/mol. The van der Waals surface area contributed by atoms with Crippen LogP contribution in [-0.4, -0.2) is 129 Å². The van der Waals surface area contributed by atoms with Gasteiger partial charge in [-0.3, -0.25) is 9.59 Å². The van der Waals surface area contributed by atoms with Gasteiger partial charge in [-0.1, -0.05) is 250 Å². The summed E-state index contributed by atoms with van der Waals surface area (Å²) < 4.78 is 41.1. The highest BCUT2D eigenvalue weighted by molar-refractivity contribution is 7.89. The number of benzene rings is 2. The van der Waals surface area contributed by atoms with Crippen molar-refractivity contribution in [1.29, 1.82) is 0 Å². The second kappa shape index (κ2) is 45.4. The first kappa shape index (κ1) is 73.3. The molecule has 8 N–H and O–H groups in total. The zero-order valence-corrected chi connectivity index (χ0v) is 52.6. The number of nitrogens with zero attached hydrogens (tertiary/aromatic N) is 1. The molecule has 82 heavy (non-hydrogen) atoms. The van der Waals surface area contributed by atoms with Crippen molar-refractivity contribution in [1.82, 2.24) is 15.4 Å². The SMILES string of the molecule is CCCCCCCCCCCCCCCCCCCCCCCCCC(=O)N[C@@H](CO[C@H]1O[C@H](CNC(=O)CCCCCNS(=O)(=O)c2cccc3c(N(C)C)cccc23)[C@H](O)[C@H](O)[C@H]1O)[C@H](O)[C@H](O)CCCCCCCCCCCC. The van der Waals surface area contributed by atoms with E-state index >= 15 is 0 Å². The Morgan fingerprint density at radius 3 is 1.50 bits per heavy atom. The predicted octanol–water partition coefficient (Wildman–Crippen LogP) is 12.6. The Morgan fingerprint density at radius 1 is 0.561 bits per heavy atom. The largest absolute Gasteiger partial charge is 0.390 e. The van der Waals surface area contributed by atoms with Gasteiger partial charge in [0.05, 0.1) is 23.6 Å². The number of hydrogen-bond donors (Lipinski definition) is 8. The van der Waals surface area contributed by atoms with E-state index in [2.05, 4.69) is 29.2 Å². The van der Waals surface area contributed by atoms with Crippen molar-refractivity contribution in [3.63, 3.8) is 0 Å². The predicted molar refractivity (Wildman–Crippen MR) is 334 cm³/mol. The van der Waals surface area contributed by atoms with E-state index in [0.717, 1.165) is 49.6 Å². The molecule has 0 bridgehead atoms. The van der Waals surface area contributed by atoms with Crippen molar-refractivity contribution in [2.75, 3.05) is 38.7 Å². The molecule has 474 valence electrons. The molecule has 0 aliphatic carbocycles. The second-order valence-corrected chi connectivity index (χ2v) is 25.8. The van der Waals surface area contributed by atoms with Crippen molar-refractivity contribution >= 4 is 38.3 Å². The lowest BCUT2D eigenvalue weighted by Crippen LogP contribution is -2.61. The van der Waals surface area contributed by atoms with Gasteiger partial charge in [0.1, 0.15) is 30.5 Å². The first-order valence-electron chi connectivity index (χ1n) is 33.1. The van der Waals surface area contributed by atoms with Crippen LogP contribution in [0.5, 0.6) is 0 Å². The van der Waals surface area contributed by atoms with Gasteiger partial charge in [-0.25, -0.2) is 13.1 Å². The van der Waals surface area contributed by atoms with E-state index in [-0.39, 0.29) is 49.2 Å². The molecule has 0 aromatic heterocycles. The first-order chi connectivity index (χ1) is 39.7. The topological polar surface area (TPSA) is 227 Å². The number of ether oxygens (including phenoxy) is 2. The van der Waals surface area contributed by atoms with Crippen molar-refractivity contribution in [3.05, 3.63) is 36.4 Å². The third-order valence-electron chi connectivity index (χ3n) is 16.6. The van der Waals surface area contributed by atoms with Crippen LogP contribution in [0.1, 0.15) is 264 Å². The number of rotatable bonds is 52. The lowest BCUT2D eigenvalue weighted by molar-refractivity contribution is -0.297. The lowest BCUT2D eigenvalue weighted by atomic mass is 9.98. The molecule has 0 unspecified atom stereocenters. The van der Waals surface area contributed by atoms with Gasteiger partial charge in [0, 0.05) is 56.5 Å². The molecule has 3 rings (SSSR count). The van der Waals surface area contributed by atoms with Crippen LogP contribution >= 0.6 is 0 Å². The van der Waals surface area contributed by atoms with E-state index in [1.54, 1.807) is 18.2 Å². The van der Waals surface area contributed by atoms with Gasteiger partial charge in [-0.15, -0.1) is 0 Å². The molecule has 15 nitrogen and oxygen atoms in total. The Labute approximate surface area is 497 Å². The van der Waals surface area contributed by atoms with E-state index in [9.17, 15) is 43.5 Å². The van der Waals surface area contributed by atoms with Crippen LogP contribution in [0.3, 0.4) is 0 Å². The molecule has 0 saturated carbocycles. The Bertz CT molecular complexity index is 2050. The highest BCUT2D eigenvalue weighted by Gasteiger charge is 2.45. The Balaban J connectivity index is 1.38. The molecular formula is C66H118N4O11S. The summed E-state index contributed by atoms with van der Waals surface area (Å²) in [4.78, 5) is 28.4. The van der Waals surface area contributed by atoms with Crippen molar-refractivity contribution in [3.8, 4) is 0 Å². The molecule has 1 heterocycles. The Kier molecular flexibility index (Phi) is 40.6. The number of amides is 2. The molecule has 16 heteroatoms. The number of unbranched alkanes of at least 4 members (excludes halogenated alkanes) is 33. The fourth-order valence-corrected chi connectivity index (χ4v) is 12.6. The maximum absolute atomic E-state index is 13.4. The summed E-state index contributed by atoms with van der Waals surface area (Å²) >= 11 is 0. The summed E-state index contributed by atoms with van der Waals surface area (Å²) in [5, 5.41) is 62.3. The van der Waals surface area contributed by atoms with Crippen LogP contribution in [0.25, 0.3) is 10.8 Å². The summed E-state index contributed by atoms with van der Waals surface area (Å²) in [7, 11) is 0.0244. The molecule has 1 aliphatic rings. The fourth-order valence-electron chi connectivity index (χ4n) is 11.3. The van der Waals surface area contributed by atoms with E-state index in [1.807, 2.05) is 37.2 Å². The average Bonchev–Trinajstić information content (AvgIpc) is 3.67. The van der Waals surface area contributed by atoms with Gasteiger partial charge in [-0.2, -0.15) is 0 Å². The number of carbonyl (C=O) groups is 2. The van der Waals surface area contributed by atoms with E-state index < -0.39 is 59.0 Å². The maximum atomic E-state index is 13.4. The fraction of sp³-hybridized carbons (Fsp3) is 0.818. The second-order valence-electron chi connectivity index (χ2n) is 24.1. The summed E-state index contributed by atoms with van der Waals surface area (Å²) in [6, 6.07) is 9.74. The number of hydrogen-bond acceptors (Lipinski definition) is 12. The van der Waals surface area contributed by atoms with Crippen molar-refractivity contribution < 1.29 is 53.0 Å². The van der Waals surface area contributed by atoms with E-state index in [0.29, 0.717) is 43.9 Å². The van der Waals surface area contributed by atoms with Gasteiger partial charge in [0.15, 0.2) is 6.29 Å².